The smallest absolute Gasteiger partial charge is 0.124 e. The van der Waals surface area contributed by atoms with E-state index in [1.807, 2.05) is 0 Å². The van der Waals surface area contributed by atoms with Gasteiger partial charge in [0.2, 0.25) is 0 Å². The minimum atomic E-state index is 0.403. The lowest BCUT2D eigenvalue weighted by molar-refractivity contribution is 0.278. The molecule has 1 fully saturated rings. The van der Waals surface area contributed by atoms with Crippen molar-refractivity contribution in [2.75, 3.05) is 38.0 Å². The van der Waals surface area contributed by atoms with Gasteiger partial charge in [0, 0.05) is 44.2 Å². The summed E-state index contributed by atoms with van der Waals surface area (Å²) in [6, 6.07) is 13.4. The van der Waals surface area contributed by atoms with E-state index in [0.29, 0.717) is 12.0 Å². The molecule has 0 amide bonds. The summed E-state index contributed by atoms with van der Waals surface area (Å²) in [6.07, 6.45) is 2.69. The first-order valence-electron chi connectivity index (χ1n) is 9.57. The molecule has 2 aliphatic rings. The van der Waals surface area contributed by atoms with Crippen LogP contribution >= 0.6 is 0 Å². The normalized spacial score (nSPS) is 21.7. The summed E-state index contributed by atoms with van der Waals surface area (Å²) < 4.78 is 2.11. The van der Waals surface area contributed by atoms with Gasteiger partial charge in [-0.15, -0.1) is 0 Å². The van der Waals surface area contributed by atoms with Gasteiger partial charge < -0.3 is 15.5 Å². The highest BCUT2D eigenvalue weighted by molar-refractivity contribution is 5.38. The number of nitrogens with one attached hydrogen (secondary N) is 2. The van der Waals surface area contributed by atoms with Crippen molar-refractivity contribution in [3.8, 4) is 0 Å². The minimum Gasteiger partial charge on any atom is -0.370 e. The van der Waals surface area contributed by atoms with Crippen LogP contribution in [0.4, 0.5) is 5.82 Å². The van der Waals surface area contributed by atoms with Crippen LogP contribution in [0, 0.1) is 12.8 Å². The zero-order chi connectivity index (χ0) is 17.1. The third kappa shape index (κ3) is 4.05. The molecule has 4 rings (SSSR count). The Balaban J connectivity index is 1.38. The van der Waals surface area contributed by atoms with Crippen molar-refractivity contribution in [1.82, 2.24) is 20.0 Å². The third-order valence-electron chi connectivity index (χ3n) is 5.40. The Labute approximate surface area is 150 Å². The van der Waals surface area contributed by atoms with Gasteiger partial charge in [0.05, 0.1) is 5.69 Å². The van der Waals surface area contributed by atoms with Gasteiger partial charge in [-0.05, 0) is 38.4 Å². The number of benzene rings is 1. The molecule has 2 aliphatic heterocycles. The molecule has 2 atom stereocenters. The van der Waals surface area contributed by atoms with Crippen molar-refractivity contribution in [2.45, 2.75) is 32.4 Å². The van der Waals surface area contributed by atoms with Gasteiger partial charge in [0.15, 0.2) is 0 Å². The van der Waals surface area contributed by atoms with E-state index in [1.165, 1.54) is 31.5 Å². The van der Waals surface area contributed by atoms with Crippen LogP contribution in [0.3, 0.4) is 0 Å². The Kier molecular flexibility index (Phi) is 5.04. The van der Waals surface area contributed by atoms with Gasteiger partial charge in [-0.1, -0.05) is 30.3 Å². The standard InChI is InChI=1S/C20H29N5/c1-16-11-20-22-13-17(14-25(20)23-16)12-21-19(15-24-9-5-6-10-24)18-7-3-2-4-8-18/h2-4,7-8,11,17,19,21-22H,5-6,9-10,12-15H2,1H3/t17-,19-/m0/s1. The predicted molar refractivity (Wildman–Crippen MR) is 102 cm³/mol. The zero-order valence-electron chi connectivity index (χ0n) is 15.1. The van der Waals surface area contributed by atoms with E-state index < -0.39 is 0 Å². The second kappa shape index (κ2) is 7.58. The highest BCUT2D eigenvalue weighted by Crippen LogP contribution is 2.21. The average molecular weight is 339 g/mol. The van der Waals surface area contributed by atoms with Crippen LogP contribution in [0.5, 0.6) is 0 Å². The lowest BCUT2D eigenvalue weighted by Crippen LogP contribution is -2.40. The number of hydrogen-bond donors (Lipinski definition) is 2. The molecule has 5 nitrogen and oxygen atoms in total. The van der Waals surface area contributed by atoms with Gasteiger partial charge in [0.25, 0.3) is 0 Å². The first-order valence-corrected chi connectivity index (χ1v) is 9.57. The van der Waals surface area contributed by atoms with Crippen LogP contribution in [-0.2, 0) is 6.54 Å². The summed E-state index contributed by atoms with van der Waals surface area (Å²) in [5.41, 5.74) is 2.49. The molecule has 5 heteroatoms. The Morgan fingerprint density at radius 3 is 2.84 bits per heavy atom. The third-order valence-corrected chi connectivity index (χ3v) is 5.40. The molecule has 1 saturated heterocycles. The molecule has 0 saturated carbocycles. The molecule has 2 aromatic rings. The van der Waals surface area contributed by atoms with Crippen LogP contribution in [0.2, 0.25) is 0 Å². The van der Waals surface area contributed by atoms with E-state index in [4.69, 9.17) is 0 Å². The average Bonchev–Trinajstić information content (AvgIpc) is 3.27. The molecule has 1 aromatic carbocycles. The summed E-state index contributed by atoms with van der Waals surface area (Å²) >= 11 is 0. The number of rotatable bonds is 6. The molecule has 25 heavy (non-hydrogen) atoms. The van der Waals surface area contributed by atoms with Gasteiger partial charge >= 0.3 is 0 Å². The van der Waals surface area contributed by atoms with Crippen molar-refractivity contribution in [2.24, 2.45) is 5.92 Å². The van der Waals surface area contributed by atoms with Gasteiger partial charge in [-0.3, -0.25) is 0 Å². The molecule has 0 spiro atoms. The van der Waals surface area contributed by atoms with Crippen molar-refractivity contribution in [1.29, 1.82) is 0 Å². The molecule has 0 radical (unpaired) electrons. The van der Waals surface area contributed by atoms with E-state index in [-0.39, 0.29) is 0 Å². The Hall–Kier alpha value is -1.85. The van der Waals surface area contributed by atoms with Crippen molar-refractivity contribution >= 4 is 5.82 Å². The lowest BCUT2D eigenvalue weighted by atomic mass is 10.0. The van der Waals surface area contributed by atoms with E-state index in [9.17, 15) is 0 Å². The second-order valence-electron chi connectivity index (χ2n) is 7.48. The van der Waals surface area contributed by atoms with E-state index in [2.05, 4.69) is 68.6 Å². The molecule has 134 valence electrons. The Morgan fingerprint density at radius 2 is 2.04 bits per heavy atom. The Morgan fingerprint density at radius 1 is 1.24 bits per heavy atom. The largest absolute Gasteiger partial charge is 0.370 e. The molecule has 0 aliphatic carbocycles. The number of hydrogen-bond acceptors (Lipinski definition) is 4. The van der Waals surface area contributed by atoms with Gasteiger partial charge in [0.1, 0.15) is 5.82 Å². The van der Waals surface area contributed by atoms with E-state index in [0.717, 1.165) is 37.7 Å². The molecule has 3 heterocycles. The van der Waals surface area contributed by atoms with Crippen molar-refractivity contribution in [3.05, 3.63) is 47.7 Å². The molecular formula is C20H29N5. The molecule has 2 N–H and O–H groups in total. The number of likely N-dealkylation sites (tertiary alicyclic amines) is 1. The van der Waals surface area contributed by atoms with Crippen molar-refractivity contribution in [3.63, 3.8) is 0 Å². The topological polar surface area (TPSA) is 45.1 Å². The Bertz CT molecular complexity index is 675. The van der Waals surface area contributed by atoms with E-state index >= 15 is 0 Å². The predicted octanol–water partition coefficient (Wildman–Crippen LogP) is 2.66. The molecule has 0 unspecified atom stereocenters. The second-order valence-corrected chi connectivity index (χ2v) is 7.48. The first kappa shape index (κ1) is 16.6. The highest BCUT2D eigenvalue weighted by atomic mass is 15.3. The molecular weight excluding hydrogens is 310 g/mol. The van der Waals surface area contributed by atoms with Crippen LogP contribution < -0.4 is 10.6 Å². The van der Waals surface area contributed by atoms with E-state index in [1.54, 1.807) is 0 Å². The maximum absolute atomic E-state index is 4.59. The first-order chi connectivity index (χ1) is 12.3. The zero-order valence-corrected chi connectivity index (χ0v) is 15.1. The summed E-state index contributed by atoms with van der Waals surface area (Å²) in [6.45, 7) is 8.67. The van der Waals surface area contributed by atoms with Crippen LogP contribution in [0.15, 0.2) is 36.4 Å². The van der Waals surface area contributed by atoms with Crippen LogP contribution in [0.1, 0.15) is 30.1 Å². The number of aromatic nitrogens is 2. The fourth-order valence-corrected chi connectivity index (χ4v) is 4.03. The summed E-state index contributed by atoms with van der Waals surface area (Å²) in [7, 11) is 0. The number of nitrogens with zero attached hydrogens (tertiary/aromatic N) is 3. The minimum absolute atomic E-state index is 0.403. The van der Waals surface area contributed by atoms with Crippen LogP contribution in [0.25, 0.3) is 0 Å². The maximum Gasteiger partial charge on any atom is 0.124 e. The highest BCUT2D eigenvalue weighted by Gasteiger charge is 2.22. The summed E-state index contributed by atoms with van der Waals surface area (Å²) in [5.74, 6) is 1.72. The number of anilines is 1. The lowest BCUT2D eigenvalue weighted by Gasteiger charge is -2.29. The fourth-order valence-electron chi connectivity index (χ4n) is 4.03. The summed E-state index contributed by atoms with van der Waals surface area (Å²) in [5, 5.41) is 12.0. The van der Waals surface area contributed by atoms with Gasteiger partial charge in [-0.2, -0.15) is 5.10 Å². The summed E-state index contributed by atoms with van der Waals surface area (Å²) in [4.78, 5) is 2.60. The monoisotopic (exact) mass is 339 g/mol. The molecule has 0 bridgehead atoms. The van der Waals surface area contributed by atoms with Crippen LogP contribution in [-0.4, -0.2) is 47.4 Å². The quantitative estimate of drug-likeness (QED) is 0.849. The van der Waals surface area contributed by atoms with Crippen molar-refractivity contribution < 1.29 is 0 Å². The maximum atomic E-state index is 4.59. The SMILES string of the molecule is Cc1cc2n(n1)C[C@@H](CN[C@@H](CN1CCCC1)c1ccccc1)CN2. The number of aryl methyl sites for hydroxylation is 1. The fraction of sp³-hybridized carbons (Fsp3) is 0.550. The van der Waals surface area contributed by atoms with Gasteiger partial charge in [-0.25, -0.2) is 4.68 Å². The molecule has 1 aromatic heterocycles. The number of fused-ring (bicyclic) bond motifs is 1.